The maximum absolute atomic E-state index is 14.2. The van der Waals surface area contributed by atoms with Crippen molar-refractivity contribution in [2.75, 3.05) is 11.9 Å². The van der Waals surface area contributed by atoms with E-state index in [1.165, 1.54) is 6.07 Å². The molecular formula is C16H16FN3. The van der Waals surface area contributed by atoms with E-state index in [4.69, 9.17) is 11.0 Å². The number of halogens is 1. The number of hydrogen-bond acceptors (Lipinski definition) is 3. The van der Waals surface area contributed by atoms with Gasteiger partial charge in [0.1, 0.15) is 11.9 Å². The van der Waals surface area contributed by atoms with Crippen molar-refractivity contribution in [3.8, 4) is 6.07 Å². The summed E-state index contributed by atoms with van der Waals surface area (Å²) in [6.07, 6.45) is 0. The molecule has 4 heteroatoms. The van der Waals surface area contributed by atoms with Gasteiger partial charge in [0.25, 0.3) is 0 Å². The van der Waals surface area contributed by atoms with E-state index in [1.807, 2.05) is 13.0 Å². The van der Waals surface area contributed by atoms with Gasteiger partial charge in [-0.3, -0.25) is 0 Å². The van der Waals surface area contributed by atoms with E-state index in [1.54, 1.807) is 42.3 Å². The van der Waals surface area contributed by atoms with Crippen molar-refractivity contribution in [3.05, 3.63) is 59.4 Å². The van der Waals surface area contributed by atoms with Gasteiger partial charge in [-0.05, 0) is 36.8 Å². The van der Waals surface area contributed by atoms with E-state index in [9.17, 15) is 4.39 Å². The number of nitrogens with zero attached hydrogens (tertiary/aromatic N) is 2. The van der Waals surface area contributed by atoms with Crippen LogP contribution in [0.3, 0.4) is 0 Å². The summed E-state index contributed by atoms with van der Waals surface area (Å²) >= 11 is 0. The lowest BCUT2D eigenvalue weighted by Gasteiger charge is -2.22. The molecule has 0 radical (unpaired) electrons. The molecule has 102 valence electrons. The first-order valence-corrected chi connectivity index (χ1v) is 6.32. The Morgan fingerprint density at radius 2 is 1.90 bits per heavy atom. The van der Waals surface area contributed by atoms with Crippen LogP contribution >= 0.6 is 0 Å². The van der Waals surface area contributed by atoms with Gasteiger partial charge < -0.3 is 10.6 Å². The first-order valence-electron chi connectivity index (χ1n) is 6.32. The second-order valence-electron chi connectivity index (χ2n) is 4.69. The molecule has 2 N–H and O–H groups in total. The van der Waals surface area contributed by atoms with Crippen LogP contribution < -0.4 is 10.6 Å². The van der Waals surface area contributed by atoms with Gasteiger partial charge >= 0.3 is 0 Å². The minimum atomic E-state index is -0.352. The summed E-state index contributed by atoms with van der Waals surface area (Å²) in [7, 11) is 1.74. The van der Waals surface area contributed by atoms with Crippen LogP contribution in [-0.2, 0) is 0 Å². The molecule has 2 rings (SSSR count). The minimum absolute atomic E-state index is 0.213. The van der Waals surface area contributed by atoms with Crippen LogP contribution in [0.25, 0.3) is 0 Å². The first kappa shape index (κ1) is 14.0. The summed E-state index contributed by atoms with van der Waals surface area (Å²) < 4.78 is 14.2. The molecule has 0 aliphatic heterocycles. The second-order valence-corrected chi connectivity index (χ2v) is 4.69. The van der Waals surface area contributed by atoms with Crippen molar-refractivity contribution in [1.29, 1.82) is 5.26 Å². The highest BCUT2D eigenvalue weighted by Gasteiger charge is 2.13. The molecule has 0 spiro atoms. The zero-order valence-corrected chi connectivity index (χ0v) is 11.5. The molecule has 0 unspecified atom stereocenters. The number of rotatable bonds is 3. The van der Waals surface area contributed by atoms with Crippen molar-refractivity contribution < 1.29 is 4.39 Å². The molecule has 0 saturated carbocycles. The Balaban J connectivity index is 2.44. The molecule has 0 bridgehead atoms. The van der Waals surface area contributed by atoms with Crippen molar-refractivity contribution in [2.45, 2.75) is 13.0 Å². The standard InChI is InChI=1S/C16H16FN3/c1-11(19)12-7-8-16(14(17)9-12)20(2)15-6-4-3-5-13(15)10-18/h3-9,11H,19H2,1-2H3/t11-/m0/s1. The van der Waals surface area contributed by atoms with Crippen LogP contribution in [-0.4, -0.2) is 7.05 Å². The minimum Gasteiger partial charge on any atom is -0.341 e. The zero-order valence-electron chi connectivity index (χ0n) is 11.5. The molecule has 0 amide bonds. The van der Waals surface area contributed by atoms with Crippen molar-refractivity contribution in [3.63, 3.8) is 0 Å². The number of nitriles is 1. The molecule has 0 saturated heterocycles. The molecule has 2 aromatic carbocycles. The van der Waals surface area contributed by atoms with Crippen LogP contribution in [0.4, 0.5) is 15.8 Å². The predicted octanol–water partition coefficient (Wildman–Crippen LogP) is 3.48. The molecule has 1 atom stereocenters. The Hall–Kier alpha value is -2.38. The lowest BCUT2D eigenvalue weighted by molar-refractivity contribution is 0.622. The van der Waals surface area contributed by atoms with Gasteiger partial charge in [-0.25, -0.2) is 4.39 Å². The van der Waals surface area contributed by atoms with Crippen LogP contribution in [0, 0.1) is 17.1 Å². The summed E-state index contributed by atoms with van der Waals surface area (Å²) in [5, 5.41) is 9.11. The van der Waals surface area contributed by atoms with Gasteiger partial charge in [-0.1, -0.05) is 18.2 Å². The Bertz CT molecular complexity index is 659. The van der Waals surface area contributed by atoms with E-state index in [0.29, 0.717) is 16.9 Å². The third kappa shape index (κ3) is 2.63. The van der Waals surface area contributed by atoms with Gasteiger partial charge in [0.15, 0.2) is 0 Å². The lowest BCUT2D eigenvalue weighted by Crippen LogP contribution is -2.13. The lowest BCUT2D eigenvalue weighted by atomic mass is 10.1. The Morgan fingerprint density at radius 3 is 2.50 bits per heavy atom. The van der Waals surface area contributed by atoms with Crippen LogP contribution in [0.1, 0.15) is 24.1 Å². The summed E-state index contributed by atoms with van der Waals surface area (Å²) in [5.41, 5.74) is 8.07. The average Bonchev–Trinajstić information content (AvgIpc) is 2.46. The number of hydrogen-bond donors (Lipinski definition) is 1. The molecule has 0 fully saturated rings. The Kier molecular flexibility index (Phi) is 4.02. The van der Waals surface area contributed by atoms with E-state index in [2.05, 4.69) is 6.07 Å². The summed E-state index contributed by atoms with van der Waals surface area (Å²) in [6.45, 7) is 1.81. The van der Waals surface area contributed by atoms with Gasteiger partial charge in [0.2, 0.25) is 0 Å². The predicted molar refractivity (Wildman–Crippen MR) is 78.2 cm³/mol. The quantitative estimate of drug-likeness (QED) is 0.928. The molecule has 0 aliphatic carbocycles. The SMILES string of the molecule is C[C@H](N)c1ccc(N(C)c2ccccc2C#N)c(F)c1. The first-order chi connectivity index (χ1) is 9.54. The van der Waals surface area contributed by atoms with E-state index in [0.717, 1.165) is 5.56 Å². The monoisotopic (exact) mass is 269 g/mol. The number of para-hydroxylation sites is 1. The van der Waals surface area contributed by atoms with Gasteiger partial charge in [0, 0.05) is 13.1 Å². The average molecular weight is 269 g/mol. The van der Waals surface area contributed by atoms with Gasteiger partial charge in [-0.15, -0.1) is 0 Å². The fraction of sp³-hybridized carbons (Fsp3) is 0.188. The van der Waals surface area contributed by atoms with Crippen molar-refractivity contribution in [2.24, 2.45) is 5.73 Å². The van der Waals surface area contributed by atoms with Crippen molar-refractivity contribution in [1.82, 2.24) is 0 Å². The summed E-state index contributed by atoms with van der Waals surface area (Å²) in [4.78, 5) is 1.67. The van der Waals surface area contributed by atoms with E-state index >= 15 is 0 Å². The Labute approximate surface area is 118 Å². The van der Waals surface area contributed by atoms with E-state index in [-0.39, 0.29) is 11.9 Å². The normalized spacial score (nSPS) is 11.8. The third-order valence-electron chi connectivity index (χ3n) is 3.24. The Morgan fingerprint density at radius 1 is 1.20 bits per heavy atom. The highest BCUT2D eigenvalue weighted by Crippen LogP contribution is 2.29. The van der Waals surface area contributed by atoms with Crippen LogP contribution in [0.2, 0.25) is 0 Å². The van der Waals surface area contributed by atoms with Crippen molar-refractivity contribution >= 4 is 11.4 Å². The van der Waals surface area contributed by atoms with Crippen LogP contribution in [0.5, 0.6) is 0 Å². The summed E-state index contributed by atoms with van der Waals surface area (Å²) in [5.74, 6) is -0.352. The van der Waals surface area contributed by atoms with Gasteiger partial charge in [0.05, 0.1) is 16.9 Å². The van der Waals surface area contributed by atoms with E-state index < -0.39 is 0 Å². The summed E-state index contributed by atoms with van der Waals surface area (Å²) in [6, 6.07) is 13.9. The highest BCUT2D eigenvalue weighted by molar-refractivity contribution is 5.69. The highest BCUT2D eigenvalue weighted by atomic mass is 19.1. The fourth-order valence-electron chi connectivity index (χ4n) is 2.07. The largest absolute Gasteiger partial charge is 0.341 e. The maximum atomic E-state index is 14.2. The topological polar surface area (TPSA) is 53.0 Å². The zero-order chi connectivity index (χ0) is 14.7. The molecule has 0 heterocycles. The number of nitrogens with two attached hydrogens (primary N) is 1. The molecule has 20 heavy (non-hydrogen) atoms. The number of anilines is 2. The third-order valence-corrected chi connectivity index (χ3v) is 3.24. The maximum Gasteiger partial charge on any atom is 0.147 e. The molecule has 0 aliphatic rings. The second kappa shape index (κ2) is 5.72. The molecule has 3 nitrogen and oxygen atoms in total. The molecular weight excluding hydrogens is 253 g/mol. The fourth-order valence-corrected chi connectivity index (χ4v) is 2.07. The molecule has 0 aromatic heterocycles. The van der Waals surface area contributed by atoms with Gasteiger partial charge in [-0.2, -0.15) is 5.26 Å². The number of benzene rings is 2. The smallest absolute Gasteiger partial charge is 0.147 e. The van der Waals surface area contributed by atoms with Crippen LogP contribution in [0.15, 0.2) is 42.5 Å². The molecule has 2 aromatic rings.